The predicted octanol–water partition coefficient (Wildman–Crippen LogP) is -0.939. The summed E-state index contributed by atoms with van der Waals surface area (Å²) in [4.78, 5) is 0. The molecule has 1 aliphatic carbocycles. The number of fused-ring (bicyclic) bond motifs is 3. The summed E-state index contributed by atoms with van der Waals surface area (Å²) in [6, 6.07) is 17.6. The van der Waals surface area contributed by atoms with Gasteiger partial charge < -0.3 is 48.0 Å². The van der Waals surface area contributed by atoms with Crippen LogP contribution in [0.5, 0.6) is 0 Å². The van der Waals surface area contributed by atoms with E-state index in [1.54, 1.807) is 0 Å². The van der Waals surface area contributed by atoms with E-state index >= 15 is 0 Å². The molecule has 21 heavy (non-hydrogen) atoms. The van der Waals surface area contributed by atoms with Gasteiger partial charge >= 0.3 is 26.2 Å². The van der Waals surface area contributed by atoms with Crippen molar-refractivity contribution in [2.24, 2.45) is 0 Å². The van der Waals surface area contributed by atoms with Gasteiger partial charge in [0.25, 0.3) is 0 Å². The molecule has 0 amide bonds. The van der Waals surface area contributed by atoms with Crippen LogP contribution < -0.4 is 48.0 Å². The second-order valence-electron chi connectivity index (χ2n) is 4.82. The molecule has 0 fully saturated rings. The third kappa shape index (κ3) is 3.40. The summed E-state index contributed by atoms with van der Waals surface area (Å²) in [6.07, 6.45) is 7.65. The first-order valence-electron chi connectivity index (χ1n) is 6.37. The zero-order valence-corrected chi connectivity index (χ0v) is 18.1. The molecule has 0 bridgehead atoms. The van der Waals surface area contributed by atoms with Crippen LogP contribution >= 0.6 is 0 Å². The van der Waals surface area contributed by atoms with Gasteiger partial charge in [-0.3, -0.25) is 0 Å². The minimum absolute atomic E-state index is 0. The molecule has 0 heterocycles. The number of allylic oxidation sites excluding steroid dienone is 4. The average Bonchev–Trinajstić information content (AvgIpc) is 3.05. The zero-order valence-electron chi connectivity index (χ0n) is 11.3. The van der Waals surface area contributed by atoms with E-state index in [1.807, 2.05) is 0 Å². The molecular formula is C18H13I2Zr. The molecule has 1 radical (unpaired) electrons. The standard InChI is InChI=1S/C18H13.2HI.Zr/c1-2-7-13(6-1)15-10-5-11-17-16-9-4-3-8-14(16)12-18(15)17;;;/h1-6,8-12H,7H2;2*1H;/q-1;;;+3/p-2. The minimum atomic E-state index is 0. The first-order valence-corrected chi connectivity index (χ1v) is 6.37. The minimum Gasteiger partial charge on any atom is -1.00 e. The zero-order chi connectivity index (χ0) is 11.9. The molecule has 4 rings (SSSR count). The van der Waals surface area contributed by atoms with Crippen molar-refractivity contribution >= 4 is 27.1 Å². The summed E-state index contributed by atoms with van der Waals surface area (Å²) < 4.78 is 0. The molecule has 0 N–H and O–H groups in total. The Morgan fingerprint density at radius 1 is 0.857 bits per heavy atom. The van der Waals surface area contributed by atoms with Crippen LogP contribution in [-0.2, 0) is 26.2 Å². The van der Waals surface area contributed by atoms with Crippen LogP contribution in [0, 0.1) is 0 Å². The van der Waals surface area contributed by atoms with Crippen molar-refractivity contribution < 1.29 is 74.2 Å². The Morgan fingerprint density at radius 3 is 2.38 bits per heavy atom. The van der Waals surface area contributed by atoms with Crippen molar-refractivity contribution in [3.8, 4) is 0 Å². The molecule has 0 saturated heterocycles. The maximum atomic E-state index is 2.32. The molecular weight excluding hydrogens is 561 g/mol. The monoisotopic (exact) mass is 573 g/mol. The molecule has 3 aromatic rings. The van der Waals surface area contributed by atoms with Crippen molar-refractivity contribution in [1.82, 2.24) is 0 Å². The largest absolute Gasteiger partial charge is 3.00 e. The normalized spacial score (nSPS) is 12.5. The molecule has 0 nitrogen and oxygen atoms in total. The Labute approximate surface area is 178 Å². The summed E-state index contributed by atoms with van der Waals surface area (Å²) in [5.74, 6) is 0. The molecule has 0 aromatic heterocycles. The first kappa shape index (κ1) is 19.2. The maximum absolute atomic E-state index is 2.32. The molecule has 103 valence electrons. The van der Waals surface area contributed by atoms with Crippen LogP contribution in [-0.4, -0.2) is 0 Å². The summed E-state index contributed by atoms with van der Waals surface area (Å²) in [6.45, 7) is 0. The molecule has 0 aliphatic heterocycles. The second-order valence-corrected chi connectivity index (χ2v) is 4.82. The quantitative estimate of drug-likeness (QED) is 0.260. The fourth-order valence-electron chi connectivity index (χ4n) is 2.91. The van der Waals surface area contributed by atoms with Gasteiger partial charge in [-0.05, 0) is 6.42 Å². The maximum Gasteiger partial charge on any atom is 3.00 e. The summed E-state index contributed by atoms with van der Waals surface area (Å²) in [7, 11) is 0. The Balaban J connectivity index is 0.000000735. The molecule has 0 unspecified atom stereocenters. The van der Waals surface area contributed by atoms with Crippen molar-refractivity contribution in [3.05, 3.63) is 72.3 Å². The Bertz CT molecular complexity index is 812. The molecule has 0 atom stereocenters. The second kappa shape index (κ2) is 8.12. The van der Waals surface area contributed by atoms with Crippen LogP contribution in [0.15, 0.2) is 66.8 Å². The number of hydrogen-bond donors (Lipinski definition) is 0. The Morgan fingerprint density at radius 2 is 1.62 bits per heavy atom. The molecule has 0 spiro atoms. The van der Waals surface area contributed by atoms with E-state index in [-0.39, 0.29) is 74.2 Å². The van der Waals surface area contributed by atoms with E-state index in [4.69, 9.17) is 0 Å². The fraction of sp³-hybridized carbons (Fsp3) is 0.0556. The number of halogens is 2. The molecule has 3 aromatic carbocycles. The van der Waals surface area contributed by atoms with E-state index in [1.165, 1.54) is 32.7 Å². The number of benzene rings is 2. The van der Waals surface area contributed by atoms with E-state index < -0.39 is 0 Å². The predicted molar refractivity (Wildman–Crippen MR) is 78.8 cm³/mol. The van der Waals surface area contributed by atoms with Crippen molar-refractivity contribution in [2.45, 2.75) is 6.42 Å². The van der Waals surface area contributed by atoms with Gasteiger partial charge in [-0.15, -0.1) is 33.7 Å². The first-order chi connectivity index (χ1) is 8.93. The van der Waals surface area contributed by atoms with Gasteiger partial charge in [0.15, 0.2) is 0 Å². The van der Waals surface area contributed by atoms with E-state index in [0.717, 1.165) is 6.42 Å². The van der Waals surface area contributed by atoms with Crippen molar-refractivity contribution in [2.75, 3.05) is 0 Å². The third-order valence-corrected chi connectivity index (χ3v) is 3.77. The topological polar surface area (TPSA) is 0 Å². The molecule has 1 aliphatic rings. The third-order valence-electron chi connectivity index (χ3n) is 3.77. The van der Waals surface area contributed by atoms with Crippen molar-refractivity contribution in [1.29, 1.82) is 0 Å². The SMILES string of the molecule is C1=CCC(c2cccc3c2[cH-]c2ccccc23)=C1.[I-].[I-].[Zr+3]. The van der Waals surface area contributed by atoms with Gasteiger partial charge in [0.2, 0.25) is 0 Å². The van der Waals surface area contributed by atoms with Gasteiger partial charge in [0.05, 0.1) is 0 Å². The number of rotatable bonds is 1. The molecule has 0 saturated carbocycles. The molecule has 3 heteroatoms. The van der Waals surface area contributed by atoms with Gasteiger partial charge in [-0.1, -0.05) is 65.8 Å². The van der Waals surface area contributed by atoms with E-state index in [0.29, 0.717) is 0 Å². The summed E-state index contributed by atoms with van der Waals surface area (Å²) in [5.41, 5.74) is 2.81. The Kier molecular flexibility index (Phi) is 7.41. The number of hydrogen-bond acceptors (Lipinski definition) is 0. The van der Waals surface area contributed by atoms with E-state index in [2.05, 4.69) is 66.8 Å². The van der Waals surface area contributed by atoms with E-state index in [9.17, 15) is 0 Å². The van der Waals surface area contributed by atoms with Gasteiger partial charge in [0.1, 0.15) is 0 Å². The van der Waals surface area contributed by atoms with Gasteiger partial charge in [-0.25, -0.2) is 0 Å². The van der Waals surface area contributed by atoms with Crippen LogP contribution in [0.25, 0.3) is 27.1 Å². The van der Waals surface area contributed by atoms with Crippen LogP contribution in [0.4, 0.5) is 0 Å². The fourth-order valence-corrected chi connectivity index (χ4v) is 2.91. The van der Waals surface area contributed by atoms with Crippen LogP contribution in [0.2, 0.25) is 0 Å². The van der Waals surface area contributed by atoms with Gasteiger partial charge in [-0.2, -0.15) is 0 Å². The van der Waals surface area contributed by atoms with Crippen LogP contribution in [0.3, 0.4) is 0 Å². The van der Waals surface area contributed by atoms with Crippen molar-refractivity contribution in [3.63, 3.8) is 0 Å². The van der Waals surface area contributed by atoms with Gasteiger partial charge in [0, 0.05) is 0 Å². The summed E-state index contributed by atoms with van der Waals surface area (Å²) in [5, 5.41) is 5.46. The smallest absolute Gasteiger partial charge is 1.00 e. The van der Waals surface area contributed by atoms with Crippen LogP contribution in [0.1, 0.15) is 12.0 Å². The average molecular weight is 574 g/mol. The Hall–Kier alpha value is 0.133. The summed E-state index contributed by atoms with van der Waals surface area (Å²) >= 11 is 0.